The molecule has 5 heteroatoms. The Morgan fingerprint density at radius 3 is 2.64 bits per heavy atom. The summed E-state index contributed by atoms with van der Waals surface area (Å²) in [5.41, 5.74) is 2.77. The van der Waals surface area contributed by atoms with Crippen molar-refractivity contribution in [1.82, 2.24) is 9.55 Å². The second-order valence-electron chi connectivity index (χ2n) is 5.07. The van der Waals surface area contributed by atoms with Gasteiger partial charge in [-0.2, -0.15) is 5.26 Å². The van der Waals surface area contributed by atoms with Crippen molar-refractivity contribution in [3.05, 3.63) is 53.6 Å². The molecule has 110 valence electrons. The van der Waals surface area contributed by atoms with Crippen LogP contribution in [0.15, 0.2) is 36.4 Å². The lowest BCUT2D eigenvalue weighted by molar-refractivity contribution is 0.510. The summed E-state index contributed by atoms with van der Waals surface area (Å²) in [7, 11) is 0. The van der Waals surface area contributed by atoms with E-state index in [2.05, 4.69) is 11.1 Å². The van der Waals surface area contributed by atoms with Gasteiger partial charge in [-0.15, -0.1) is 0 Å². The molecule has 0 bridgehead atoms. The SMILES string of the molecule is Cc1ccccc1-c1nc2cc(F)c(F)cc2n1CCC#N. The van der Waals surface area contributed by atoms with Crippen LogP contribution in [0.1, 0.15) is 12.0 Å². The first-order chi connectivity index (χ1) is 10.6. The molecule has 0 aliphatic rings. The normalized spacial score (nSPS) is 10.8. The van der Waals surface area contributed by atoms with E-state index in [-0.39, 0.29) is 6.42 Å². The highest BCUT2D eigenvalue weighted by Gasteiger charge is 2.16. The van der Waals surface area contributed by atoms with E-state index in [9.17, 15) is 8.78 Å². The molecule has 0 aliphatic heterocycles. The summed E-state index contributed by atoms with van der Waals surface area (Å²) in [5.74, 6) is -1.22. The maximum Gasteiger partial charge on any atom is 0.161 e. The van der Waals surface area contributed by atoms with Crippen LogP contribution in [0.25, 0.3) is 22.4 Å². The van der Waals surface area contributed by atoms with Gasteiger partial charge in [-0.05, 0) is 12.5 Å². The minimum absolute atomic E-state index is 0.267. The van der Waals surface area contributed by atoms with Crippen molar-refractivity contribution >= 4 is 11.0 Å². The van der Waals surface area contributed by atoms with E-state index in [0.29, 0.717) is 23.4 Å². The highest BCUT2D eigenvalue weighted by Crippen LogP contribution is 2.28. The number of halogens is 2. The Labute approximate surface area is 126 Å². The zero-order chi connectivity index (χ0) is 15.7. The zero-order valence-corrected chi connectivity index (χ0v) is 12.0. The van der Waals surface area contributed by atoms with Crippen molar-refractivity contribution in [1.29, 1.82) is 5.26 Å². The average molecular weight is 297 g/mol. The Morgan fingerprint density at radius 2 is 1.91 bits per heavy atom. The van der Waals surface area contributed by atoms with Crippen LogP contribution < -0.4 is 0 Å². The van der Waals surface area contributed by atoms with E-state index in [4.69, 9.17) is 5.26 Å². The zero-order valence-electron chi connectivity index (χ0n) is 12.0. The van der Waals surface area contributed by atoms with Gasteiger partial charge in [0.15, 0.2) is 11.6 Å². The topological polar surface area (TPSA) is 41.6 Å². The Morgan fingerprint density at radius 1 is 1.18 bits per heavy atom. The summed E-state index contributed by atoms with van der Waals surface area (Å²) in [4.78, 5) is 4.45. The molecule has 0 unspecified atom stereocenters. The number of rotatable bonds is 3. The van der Waals surface area contributed by atoms with Crippen molar-refractivity contribution in [2.24, 2.45) is 0 Å². The van der Waals surface area contributed by atoms with E-state index in [0.717, 1.165) is 23.3 Å². The van der Waals surface area contributed by atoms with E-state index >= 15 is 0 Å². The molecule has 0 amide bonds. The first-order valence-electron chi connectivity index (χ1n) is 6.90. The molecule has 3 nitrogen and oxygen atoms in total. The Bertz CT molecular complexity index is 891. The maximum atomic E-state index is 13.6. The molecule has 22 heavy (non-hydrogen) atoms. The van der Waals surface area contributed by atoms with E-state index in [1.165, 1.54) is 0 Å². The fourth-order valence-corrected chi connectivity index (χ4v) is 2.54. The van der Waals surface area contributed by atoms with E-state index in [1.54, 1.807) is 4.57 Å². The van der Waals surface area contributed by atoms with Gasteiger partial charge in [0, 0.05) is 24.2 Å². The fourth-order valence-electron chi connectivity index (χ4n) is 2.54. The predicted molar refractivity (Wildman–Crippen MR) is 80.1 cm³/mol. The number of benzene rings is 2. The molecule has 0 aliphatic carbocycles. The van der Waals surface area contributed by atoms with E-state index < -0.39 is 11.6 Å². The van der Waals surface area contributed by atoms with Crippen LogP contribution in [0.2, 0.25) is 0 Å². The summed E-state index contributed by atoms with van der Waals surface area (Å²) in [5, 5.41) is 8.83. The summed E-state index contributed by atoms with van der Waals surface area (Å²) in [6.07, 6.45) is 0.267. The van der Waals surface area contributed by atoms with Crippen LogP contribution in [0.3, 0.4) is 0 Å². The molecular weight excluding hydrogens is 284 g/mol. The summed E-state index contributed by atoms with van der Waals surface area (Å²) in [6, 6.07) is 12.0. The van der Waals surface area contributed by atoms with Gasteiger partial charge < -0.3 is 4.57 Å². The van der Waals surface area contributed by atoms with Crippen LogP contribution in [0.4, 0.5) is 8.78 Å². The molecule has 0 atom stereocenters. The van der Waals surface area contributed by atoms with Gasteiger partial charge in [0.05, 0.1) is 23.5 Å². The molecule has 0 fully saturated rings. The van der Waals surface area contributed by atoms with Gasteiger partial charge in [0.25, 0.3) is 0 Å². The summed E-state index contributed by atoms with van der Waals surface area (Å²) >= 11 is 0. The molecule has 1 aromatic heterocycles. The molecule has 0 saturated heterocycles. The molecule has 3 aromatic rings. The van der Waals surface area contributed by atoms with Gasteiger partial charge in [-0.1, -0.05) is 24.3 Å². The molecule has 2 aromatic carbocycles. The van der Waals surface area contributed by atoms with Crippen molar-refractivity contribution in [3.8, 4) is 17.5 Å². The standard InChI is InChI=1S/C17H13F2N3/c1-11-5-2-3-6-12(11)17-21-15-9-13(18)14(19)10-16(15)22(17)8-4-7-20/h2-3,5-6,9-10H,4,8H2,1H3. The minimum Gasteiger partial charge on any atom is -0.323 e. The first-order valence-corrected chi connectivity index (χ1v) is 6.90. The second kappa shape index (κ2) is 5.57. The predicted octanol–water partition coefficient (Wildman–Crippen LogP) is 4.20. The molecule has 3 rings (SSSR count). The molecular formula is C17H13F2N3. The number of hydrogen-bond acceptors (Lipinski definition) is 2. The highest BCUT2D eigenvalue weighted by molar-refractivity contribution is 5.81. The van der Waals surface area contributed by atoms with Crippen LogP contribution in [0.5, 0.6) is 0 Å². The number of hydrogen-bond donors (Lipinski definition) is 0. The molecule has 0 spiro atoms. The highest BCUT2D eigenvalue weighted by atomic mass is 19.2. The third kappa shape index (κ3) is 2.33. The smallest absolute Gasteiger partial charge is 0.161 e. The number of nitriles is 1. The van der Waals surface area contributed by atoms with Crippen LogP contribution in [-0.4, -0.2) is 9.55 Å². The van der Waals surface area contributed by atoms with E-state index in [1.807, 2.05) is 31.2 Å². The van der Waals surface area contributed by atoms with Gasteiger partial charge >= 0.3 is 0 Å². The number of imidazole rings is 1. The monoisotopic (exact) mass is 297 g/mol. The van der Waals surface area contributed by atoms with Crippen LogP contribution >= 0.6 is 0 Å². The Balaban J connectivity index is 2.29. The summed E-state index contributed by atoms with van der Waals surface area (Å²) in [6.45, 7) is 2.33. The summed E-state index contributed by atoms with van der Waals surface area (Å²) < 4.78 is 28.8. The van der Waals surface area contributed by atoms with Gasteiger partial charge in [-0.3, -0.25) is 0 Å². The third-order valence-electron chi connectivity index (χ3n) is 3.62. The van der Waals surface area contributed by atoms with Crippen LogP contribution in [-0.2, 0) is 6.54 Å². The van der Waals surface area contributed by atoms with Crippen molar-refractivity contribution in [2.45, 2.75) is 19.9 Å². The largest absolute Gasteiger partial charge is 0.323 e. The van der Waals surface area contributed by atoms with Crippen molar-refractivity contribution < 1.29 is 8.78 Å². The maximum absolute atomic E-state index is 13.6. The third-order valence-corrected chi connectivity index (χ3v) is 3.62. The lowest BCUT2D eigenvalue weighted by Gasteiger charge is -2.09. The lowest BCUT2D eigenvalue weighted by atomic mass is 10.1. The molecule has 0 N–H and O–H groups in total. The molecule has 1 heterocycles. The number of aryl methyl sites for hydroxylation is 2. The Kier molecular flexibility index (Phi) is 3.60. The average Bonchev–Trinajstić information content (AvgIpc) is 2.83. The quantitative estimate of drug-likeness (QED) is 0.727. The number of nitrogens with zero attached hydrogens (tertiary/aromatic N) is 3. The van der Waals surface area contributed by atoms with Crippen molar-refractivity contribution in [3.63, 3.8) is 0 Å². The molecule has 0 radical (unpaired) electrons. The number of aromatic nitrogens is 2. The second-order valence-corrected chi connectivity index (χ2v) is 5.07. The first kappa shape index (κ1) is 14.2. The Hall–Kier alpha value is -2.74. The van der Waals surface area contributed by atoms with Gasteiger partial charge in [-0.25, -0.2) is 13.8 Å². The van der Waals surface area contributed by atoms with Gasteiger partial charge in [0.2, 0.25) is 0 Å². The lowest BCUT2D eigenvalue weighted by Crippen LogP contribution is -2.01. The minimum atomic E-state index is -0.922. The molecule has 0 saturated carbocycles. The van der Waals surface area contributed by atoms with Crippen molar-refractivity contribution in [2.75, 3.05) is 0 Å². The van der Waals surface area contributed by atoms with Gasteiger partial charge in [0.1, 0.15) is 5.82 Å². The number of fused-ring (bicyclic) bond motifs is 1. The fraction of sp³-hybridized carbons (Fsp3) is 0.176. The van der Waals surface area contributed by atoms with Crippen LogP contribution in [0, 0.1) is 29.9 Å².